The number of nitrogens with zero attached hydrogens (tertiary/aromatic N) is 2. The van der Waals surface area contributed by atoms with Gasteiger partial charge in [-0.2, -0.15) is 0 Å². The highest BCUT2D eigenvalue weighted by Gasteiger charge is 2.47. The first-order chi connectivity index (χ1) is 11.8. The normalized spacial score (nSPS) is 25.2. The van der Waals surface area contributed by atoms with E-state index in [4.69, 9.17) is 0 Å². The van der Waals surface area contributed by atoms with E-state index in [1.165, 1.54) is 16.7 Å². The molecule has 1 saturated carbocycles. The topological polar surface area (TPSA) is 33.2 Å². The molecule has 1 aliphatic heterocycles. The summed E-state index contributed by atoms with van der Waals surface area (Å²) in [5.41, 5.74) is 3.98. The number of rotatable bonds is 4. The van der Waals surface area contributed by atoms with Crippen LogP contribution in [0.1, 0.15) is 54.8 Å². The van der Waals surface area contributed by atoms with Gasteiger partial charge in [-0.25, -0.2) is 0 Å². The van der Waals surface area contributed by atoms with Crippen molar-refractivity contribution in [1.82, 2.24) is 9.88 Å². The zero-order valence-electron chi connectivity index (χ0n) is 14.2. The van der Waals surface area contributed by atoms with Crippen LogP contribution in [0.25, 0.3) is 0 Å². The van der Waals surface area contributed by atoms with E-state index in [1.54, 1.807) is 6.20 Å². The van der Waals surface area contributed by atoms with Gasteiger partial charge in [-0.15, -0.1) is 0 Å². The molecule has 3 atom stereocenters. The quantitative estimate of drug-likeness (QED) is 0.849. The highest BCUT2D eigenvalue weighted by molar-refractivity contribution is 5.83. The van der Waals surface area contributed by atoms with E-state index in [9.17, 15) is 4.79 Å². The summed E-state index contributed by atoms with van der Waals surface area (Å²) in [4.78, 5) is 19.5. The molecule has 3 nitrogen and oxygen atoms in total. The molecule has 1 amide bonds. The van der Waals surface area contributed by atoms with Crippen LogP contribution in [0, 0.1) is 5.92 Å². The van der Waals surface area contributed by atoms with Gasteiger partial charge in [-0.1, -0.05) is 43.7 Å². The minimum atomic E-state index is 0.152. The van der Waals surface area contributed by atoms with Gasteiger partial charge in [0.1, 0.15) is 0 Å². The third kappa shape index (κ3) is 2.72. The fourth-order valence-electron chi connectivity index (χ4n) is 4.14. The highest BCUT2D eigenvalue weighted by Crippen LogP contribution is 2.49. The monoisotopic (exact) mass is 320 g/mol. The van der Waals surface area contributed by atoms with E-state index in [0.29, 0.717) is 11.8 Å². The van der Waals surface area contributed by atoms with E-state index in [1.807, 2.05) is 12.3 Å². The molecule has 0 N–H and O–H groups in total. The molecule has 1 aromatic heterocycles. The van der Waals surface area contributed by atoms with Gasteiger partial charge >= 0.3 is 0 Å². The Bertz CT molecular complexity index is 728. The second kappa shape index (κ2) is 6.39. The average molecular weight is 320 g/mol. The van der Waals surface area contributed by atoms with Crippen molar-refractivity contribution in [2.75, 3.05) is 6.54 Å². The van der Waals surface area contributed by atoms with Crippen molar-refractivity contribution >= 4 is 5.91 Å². The van der Waals surface area contributed by atoms with Gasteiger partial charge in [0.2, 0.25) is 5.91 Å². The molecule has 2 heterocycles. The van der Waals surface area contributed by atoms with Crippen LogP contribution in [0.2, 0.25) is 0 Å². The molecule has 0 unspecified atom stereocenters. The molecule has 0 saturated heterocycles. The van der Waals surface area contributed by atoms with Crippen LogP contribution in [-0.4, -0.2) is 22.3 Å². The number of hydrogen-bond donors (Lipinski definition) is 0. The van der Waals surface area contributed by atoms with Crippen molar-refractivity contribution in [1.29, 1.82) is 0 Å². The second-order valence-electron chi connectivity index (χ2n) is 7.02. The van der Waals surface area contributed by atoms with E-state index in [-0.39, 0.29) is 12.0 Å². The summed E-state index contributed by atoms with van der Waals surface area (Å²) in [6.45, 7) is 3.06. The van der Waals surface area contributed by atoms with Gasteiger partial charge in [-0.3, -0.25) is 9.78 Å². The van der Waals surface area contributed by atoms with E-state index < -0.39 is 0 Å². The maximum Gasteiger partial charge on any atom is 0.226 e. The van der Waals surface area contributed by atoms with Crippen molar-refractivity contribution < 1.29 is 4.79 Å². The van der Waals surface area contributed by atoms with Crippen molar-refractivity contribution in [2.24, 2.45) is 5.92 Å². The zero-order valence-corrected chi connectivity index (χ0v) is 14.2. The molecule has 4 rings (SSSR count). The fraction of sp³-hybridized carbons (Fsp3) is 0.429. The Morgan fingerprint density at radius 1 is 1.25 bits per heavy atom. The van der Waals surface area contributed by atoms with Crippen LogP contribution in [-0.2, 0) is 11.2 Å². The van der Waals surface area contributed by atoms with Crippen molar-refractivity contribution in [2.45, 2.75) is 44.6 Å². The molecular formula is C21H24N2O. The predicted molar refractivity (Wildman–Crippen MR) is 94.6 cm³/mol. The van der Waals surface area contributed by atoms with Crippen LogP contribution < -0.4 is 0 Å². The van der Waals surface area contributed by atoms with Crippen molar-refractivity contribution in [3.8, 4) is 0 Å². The molecule has 0 bridgehead atoms. The van der Waals surface area contributed by atoms with Crippen molar-refractivity contribution in [3.05, 3.63) is 65.5 Å². The van der Waals surface area contributed by atoms with Gasteiger partial charge < -0.3 is 4.90 Å². The number of hydrogen-bond acceptors (Lipinski definition) is 2. The Balaban J connectivity index is 1.54. The molecule has 3 heteroatoms. The number of fused-ring (bicyclic) bond motifs is 1. The van der Waals surface area contributed by atoms with E-state index in [0.717, 1.165) is 32.2 Å². The summed E-state index contributed by atoms with van der Waals surface area (Å²) in [5, 5.41) is 0. The highest BCUT2D eigenvalue weighted by atomic mass is 16.2. The Morgan fingerprint density at radius 3 is 2.92 bits per heavy atom. The predicted octanol–water partition coefficient (Wildman–Crippen LogP) is 4.11. The molecule has 0 spiro atoms. The van der Waals surface area contributed by atoms with Gasteiger partial charge in [-0.05, 0) is 47.9 Å². The lowest BCUT2D eigenvalue weighted by Gasteiger charge is -2.37. The number of carbonyl (C=O) groups excluding carboxylic acids is 1. The Morgan fingerprint density at radius 2 is 2.12 bits per heavy atom. The number of benzene rings is 1. The molecule has 1 aliphatic carbocycles. The lowest BCUT2D eigenvalue weighted by molar-refractivity contribution is -0.135. The Kier molecular flexibility index (Phi) is 4.09. The maximum absolute atomic E-state index is 13.1. The molecule has 124 valence electrons. The summed E-state index contributed by atoms with van der Waals surface area (Å²) in [6.07, 6.45) is 7.80. The fourth-order valence-corrected chi connectivity index (χ4v) is 4.14. The average Bonchev–Trinajstić information content (AvgIpc) is 3.43. The number of aromatic nitrogens is 1. The summed E-state index contributed by atoms with van der Waals surface area (Å²) < 4.78 is 0. The van der Waals surface area contributed by atoms with Crippen LogP contribution in [0.15, 0.2) is 48.8 Å². The molecule has 2 aliphatic rings. The first-order valence-electron chi connectivity index (χ1n) is 9.07. The lowest BCUT2D eigenvalue weighted by atomic mass is 9.89. The molecule has 1 fully saturated rings. The van der Waals surface area contributed by atoms with Crippen LogP contribution in [0.5, 0.6) is 0 Å². The van der Waals surface area contributed by atoms with Gasteiger partial charge in [0.05, 0.1) is 6.04 Å². The second-order valence-corrected chi connectivity index (χ2v) is 7.02. The SMILES string of the molecule is CCC[C@@H]1c2ccccc2CCN1C(=O)[C@@H]1C[C@@H]1c1cccnc1. The minimum absolute atomic E-state index is 0.152. The third-order valence-corrected chi connectivity index (χ3v) is 5.48. The van der Waals surface area contributed by atoms with Crippen LogP contribution >= 0.6 is 0 Å². The number of pyridine rings is 1. The minimum Gasteiger partial charge on any atom is -0.335 e. The molecule has 1 aromatic carbocycles. The molecule has 0 radical (unpaired) electrons. The first-order valence-corrected chi connectivity index (χ1v) is 9.07. The smallest absolute Gasteiger partial charge is 0.226 e. The Labute approximate surface area is 143 Å². The largest absolute Gasteiger partial charge is 0.335 e. The first kappa shape index (κ1) is 15.4. The standard InChI is InChI=1S/C21H24N2O/c1-2-6-20-17-9-4-3-7-15(17)10-12-23(20)21(24)19-13-18(19)16-8-5-11-22-14-16/h3-5,7-9,11,14,18-20H,2,6,10,12-13H2,1H3/t18-,19-,20-/m1/s1. The van der Waals surface area contributed by atoms with Gasteiger partial charge in [0.15, 0.2) is 0 Å². The third-order valence-electron chi connectivity index (χ3n) is 5.48. The molecule has 2 aromatic rings. The van der Waals surface area contributed by atoms with Crippen molar-refractivity contribution in [3.63, 3.8) is 0 Å². The summed E-state index contributed by atoms with van der Waals surface area (Å²) in [6, 6.07) is 13.0. The Hall–Kier alpha value is -2.16. The van der Waals surface area contributed by atoms with Gasteiger partial charge in [0.25, 0.3) is 0 Å². The van der Waals surface area contributed by atoms with E-state index in [2.05, 4.69) is 47.1 Å². The number of amides is 1. The molecular weight excluding hydrogens is 296 g/mol. The summed E-state index contributed by atoms with van der Waals surface area (Å²) in [7, 11) is 0. The zero-order chi connectivity index (χ0) is 16.5. The number of carbonyl (C=O) groups is 1. The van der Waals surface area contributed by atoms with Crippen LogP contribution in [0.3, 0.4) is 0 Å². The van der Waals surface area contributed by atoms with Gasteiger partial charge in [0, 0.05) is 24.9 Å². The lowest BCUT2D eigenvalue weighted by Crippen LogP contribution is -2.41. The summed E-state index contributed by atoms with van der Waals surface area (Å²) >= 11 is 0. The van der Waals surface area contributed by atoms with Crippen LogP contribution in [0.4, 0.5) is 0 Å². The molecule has 24 heavy (non-hydrogen) atoms. The maximum atomic E-state index is 13.1. The summed E-state index contributed by atoms with van der Waals surface area (Å²) in [5.74, 6) is 0.862. The van der Waals surface area contributed by atoms with E-state index >= 15 is 0 Å².